The number of benzene rings is 2. The summed E-state index contributed by atoms with van der Waals surface area (Å²) >= 11 is 3.43. The summed E-state index contributed by atoms with van der Waals surface area (Å²) in [4.78, 5) is 24.3. The first kappa shape index (κ1) is 19.0. The second kappa shape index (κ2) is 8.30. The average Bonchev–Trinajstić information content (AvgIpc) is 3.02. The molecule has 0 atom stereocenters. The number of halogens is 1. The Balaban J connectivity index is 1.90. The maximum atomic E-state index is 11.8. The molecule has 0 aromatic heterocycles. The average molecular weight is 436 g/mol. The van der Waals surface area contributed by atoms with Crippen LogP contribution < -0.4 is 9.47 Å². The molecule has 0 aliphatic carbocycles. The number of amides is 1. The number of aliphatic carboxylic acids is 1. The molecule has 7 nitrogen and oxygen atoms in total. The molecule has 1 N–H and O–H groups in total. The number of cyclic esters (lactones) is 1. The van der Waals surface area contributed by atoms with Crippen molar-refractivity contribution in [2.75, 3.05) is 20.3 Å². The second-order valence-electron chi connectivity index (χ2n) is 5.95. The molecule has 1 aliphatic heterocycles. The van der Waals surface area contributed by atoms with Crippen molar-refractivity contribution < 1.29 is 28.9 Å². The standard InChI is InChI=1S/C19H18BrNO6/c1-25-16-4-2-12(9-18(22)23)8-17(16)27-15-5-3-14(20)10-13(15)11-21-6-7-26-19(21)24/h2-5,8,10H,6-7,9,11H2,1H3,(H,22,23). The van der Waals surface area contributed by atoms with Crippen LogP contribution in [0.15, 0.2) is 40.9 Å². The van der Waals surface area contributed by atoms with Gasteiger partial charge in [-0.25, -0.2) is 4.79 Å². The fourth-order valence-electron chi connectivity index (χ4n) is 2.75. The molecule has 0 radical (unpaired) electrons. The van der Waals surface area contributed by atoms with Crippen LogP contribution in [0.4, 0.5) is 4.79 Å². The van der Waals surface area contributed by atoms with Gasteiger partial charge in [0.15, 0.2) is 11.5 Å². The normalized spacial score (nSPS) is 13.4. The molecule has 1 aliphatic rings. The minimum atomic E-state index is -0.928. The summed E-state index contributed by atoms with van der Waals surface area (Å²) < 4.78 is 17.2. The quantitative estimate of drug-likeness (QED) is 0.710. The number of carbonyl (C=O) groups is 2. The van der Waals surface area contributed by atoms with Crippen molar-refractivity contribution in [3.63, 3.8) is 0 Å². The third kappa shape index (κ3) is 4.71. The number of ether oxygens (including phenoxy) is 3. The van der Waals surface area contributed by atoms with Crippen LogP contribution in [0, 0.1) is 0 Å². The van der Waals surface area contributed by atoms with Crippen LogP contribution in [0.2, 0.25) is 0 Å². The number of hydrogen-bond acceptors (Lipinski definition) is 5. The van der Waals surface area contributed by atoms with Gasteiger partial charge in [-0.15, -0.1) is 0 Å². The fourth-order valence-corrected chi connectivity index (χ4v) is 3.16. The van der Waals surface area contributed by atoms with Gasteiger partial charge >= 0.3 is 12.1 Å². The molecule has 0 unspecified atom stereocenters. The van der Waals surface area contributed by atoms with Crippen LogP contribution >= 0.6 is 15.9 Å². The highest BCUT2D eigenvalue weighted by Gasteiger charge is 2.23. The van der Waals surface area contributed by atoms with Crippen molar-refractivity contribution in [2.24, 2.45) is 0 Å². The Morgan fingerprint density at radius 3 is 2.67 bits per heavy atom. The smallest absolute Gasteiger partial charge is 0.410 e. The van der Waals surface area contributed by atoms with E-state index in [1.165, 1.54) is 7.11 Å². The maximum absolute atomic E-state index is 11.8. The zero-order valence-electron chi connectivity index (χ0n) is 14.6. The molecule has 2 aromatic rings. The Hall–Kier alpha value is -2.74. The zero-order valence-corrected chi connectivity index (χ0v) is 16.2. The van der Waals surface area contributed by atoms with Crippen LogP contribution in [0.5, 0.6) is 17.2 Å². The summed E-state index contributed by atoms with van der Waals surface area (Å²) in [5.74, 6) is 0.508. The molecule has 0 spiro atoms. The lowest BCUT2D eigenvalue weighted by Crippen LogP contribution is -2.23. The van der Waals surface area contributed by atoms with E-state index >= 15 is 0 Å². The molecular weight excluding hydrogens is 418 g/mol. The number of hydrogen-bond donors (Lipinski definition) is 1. The van der Waals surface area contributed by atoms with Crippen LogP contribution in [-0.2, 0) is 22.5 Å². The van der Waals surface area contributed by atoms with Crippen molar-refractivity contribution in [3.05, 3.63) is 52.0 Å². The molecule has 0 bridgehead atoms. The summed E-state index contributed by atoms with van der Waals surface area (Å²) in [7, 11) is 1.52. The number of carbonyl (C=O) groups excluding carboxylic acids is 1. The summed E-state index contributed by atoms with van der Waals surface area (Å²) in [5.41, 5.74) is 1.38. The molecule has 0 saturated carbocycles. The summed E-state index contributed by atoms with van der Waals surface area (Å²) in [6.07, 6.45) is -0.477. The van der Waals surface area contributed by atoms with Gasteiger partial charge in [0.25, 0.3) is 0 Å². The number of carboxylic acid groups (broad SMARTS) is 1. The third-order valence-corrected chi connectivity index (χ3v) is 4.53. The molecule has 142 valence electrons. The molecule has 3 rings (SSSR count). The van der Waals surface area contributed by atoms with Gasteiger partial charge in [0.2, 0.25) is 0 Å². The van der Waals surface area contributed by atoms with Gasteiger partial charge in [0, 0.05) is 10.0 Å². The second-order valence-corrected chi connectivity index (χ2v) is 6.86. The minimum absolute atomic E-state index is 0.118. The molecule has 1 amide bonds. The van der Waals surface area contributed by atoms with E-state index in [0.29, 0.717) is 42.5 Å². The first-order valence-corrected chi connectivity index (χ1v) is 9.02. The first-order valence-electron chi connectivity index (χ1n) is 8.23. The van der Waals surface area contributed by atoms with E-state index in [2.05, 4.69) is 15.9 Å². The lowest BCUT2D eigenvalue weighted by molar-refractivity contribution is -0.136. The van der Waals surface area contributed by atoms with Gasteiger partial charge in [-0.05, 0) is 35.9 Å². The predicted octanol–water partition coefficient (Wildman–Crippen LogP) is 3.83. The molecule has 8 heteroatoms. The van der Waals surface area contributed by atoms with Crippen molar-refractivity contribution in [3.8, 4) is 17.2 Å². The largest absolute Gasteiger partial charge is 0.493 e. The van der Waals surface area contributed by atoms with E-state index in [1.54, 1.807) is 29.2 Å². The highest BCUT2D eigenvalue weighted by molar-refractivity contribution is 9.10. The molecular formula is C19H18BrNO6. The Kier molecular flexibility index (Phi) is 5.85. The Labute approximate surface area is 164 Å². The van der Waals surface area contributed by atoms with E-state index in [0.717, 1.165) is 10.0 Å². The lowest BCUT2D eigenvalue weighted by Gasteiger charge is -2.18. The third-order valence-electron chi connectivity index (χ3n) is 4.03. The summed E-state index contributed by atoms with van der Waals surface area (Å²) in [5, 5.41) is 9.01. The van der Waals surface area contributed by atoms with E-state index in [4.69, 9.17) is 19.3 Å². The van der Waals surface area contributed by atoms with Crippen molar-refractivity contribution >= 4 is 28.0 Å². The molecule has 1 fully saturated rings. The van der Waals surface area contributed by atoms with Gasteiger partial charge in [-0.3, -0.25) is 4.79 Å². The van der Waals surface area contributed by atoms with Gasteiger partial charge in [-0.1, -0.05) is 22.0 Å². The highest BCUT2D eigenvalue weighted by Crippen LogP contribution is 2.35. The zero-order chi connectivity index (χ0) is 19.4. The van der Waals surface area contributed by atoms with E-state index in [1.807, 2.05) is 12.1 Å². The number of carboxylic acids is 1. The summed E-state index contributed by atoms with van der Waals surface area (Å²) in [6, 6.07) is 10.5. The van der Waals surface area contributed by atoms with Gasteiger partial charge < -0.3 is 24.2 Å². The van der Waals surface area contributed by atoms with Crippen LogP contribution in [0.25, 0.3) is 0 Å². The van der Waals surface area contributed by atoms with Crippen LogP contribution in [0.1, 0.15) is 11.1 Å². The summed E-state index contributed by atoms with van der Waals surface area (Å²) in [6.45, 7) is 1.22. The molecule has 27 heavy (non-hydrogen) atoms. The molecule has 1 heterocycles. The Bertz CT molecular complexity index is 869. The van der Waals surface area contributed by atoms with Crippen LogP contribution in [0.3, 0.4) is 0 Å². The van der Waals surface area contributed by atoms with E-state index in [-0.39, 0.29) is 12.5 Å². The number of rotatable bonds is 7. The maximum Gasteiger partial charge on any atom is 0.410 e. The van der Waals surface area contributed by atoms with Gasteiger partial charge in [0.05, 0.1) is 26.6 Å². The highest BCUT2D eigenvalue weighted by atomic mass is 79.9. The van der Waals surface area contributed by atoms with Crippen LogP contribution in [-0.4, -0.2) is 42.3 Å². The first-order chi connectivity index (χ1) is 13.0. The topological polar surface area (TPSA) is 85.3 Å². The number of nitrogens with zero attached hydrogens (tertiary/aromatic N) is 1. The predicted molar refractivity (Wildman–Crippen MR) is 100 cm³/mol. The van der Waals surface area contributed by atoms with Gasteiger partial charge in [-0.2, -0.15) is 0 Å². The van der Waals surface area contributed by atoms with E-state index in [9.17, 15) is 9.59 Å². The fraction of sp³-hybridized carbons (Fsp3) is 0.263. The molecule has 1 saturated heterocycles. The monoisotopic (exact) mass is 435 g/mol. The van der Waals surface area contributed by atoms with Crippen molar-refractivity contribution in [2.45, 2.75) is 13.0 Å². The van der Waals surface area contributed by atoms with Crippen molar-refractivity contribution in [1.82, 2.24) is 4.90 Å². The minimum Gasteiger partial charge on any atom is -0.493 e. The number of methoxy groups -OCH3 is 1. The SMILES string of the molecule is COc1ccc(CC(=O)O)cc1Oc1ccc(Br)cc1CN1CCOC1=O. The Morgan fingerprint density at radius 1 is 1.22 bits per heavy atom. The lowest BCUT2D eigenvalue weighted by atomic mass is 10.1. The molecule has 2 aromatic carbocycles. The van der Waals surface area contributed by atoms with Gasteiger partial charge in [0.1, 0.15) is 12.4 Å². The Morgan fingerprint density at radius 2 is 2.00 bits per heavy atom. The van der Waals surface area contributed by atoms with Crippen molar-refractivity contribution in [1.29, 1.82) is 0 Å². The van der Waals surface area contributed by atoms with E-state index < -0.39 is 5.97 Å².